The fraction of sp³-hybridized carbons (Fsp3) is 0.0476. The second-order valence-electron chi connectivity index (χ2n) is 6.02. The van der Waals surface area contributed by atoms with Gasteiger partial charge in [-0.15, -0.1) is 0 Å². The molecule has 0 saturated heterocycles. The molecule has 1 aromatic heterocycles. The Bertz CT molecular complexity index is 1140. The highest BCUT2D eigenvalue weighted by atomic mass is 32.2. The largest absolute Gasteiger partial charge is 0.416 e. The maximum absolute atomic E-state index is 14.0. The van der Waals surface area contributed by atoms with Gasteiger partial charge in [0.15, 0.2) is 0 Å². The summed E-state index contributed by atoms with van der Waals surface area (Å²) < 4.78 is 57.5. The number of nitrogens with zero attached hydrogens (tertiary/aromatic N) is 2. The van der Waals surface area contributed by atoms with Crippen molar-refractivity contribution in [3.63, 3.8) is 0 Å². The summed E-state index contributed by atoms with van der Waals surface area (Å²) >= 11 is 1.27. The summed E-state index contributed by atoms with van der Waals surface area (Å²) in [6.45, 7) is 0. The monoisotopic (exact) mass is 416 g/mol. The van der Waals surface area contributed by atoms with Crippen LogP contribution in [0.15, 0.2) is 87.1 Å². The molecule has 0 amide bonds. The van der Waals surface area contributed by atoms with Crippen LogP contribution in [0.4, 0.5) is 17.6 Å². The lowest BCUT2D eigenvalue weighted by Gasteiger charge is -2.08. The van der Waals surface area contributed by atoms with Gasteiger partial charge in [0.25, 0.3) is 5.89 Å². The summed E-state index contributed by atoms with van der Waals surface area (Å²) in [5.74, 6) is -0.155. The number of alkyl halides is 3. The van der Waals surface area contributed by atoms with Gasteiger partial charge in [0.2, 0.25) is 5.82 Å². The molecule has 3 nitrogen and oxygen atoms in total. The first-order valence-corrected chi connectivity index (χ1v) is 9.26. The van der Waals surface area contributed by atoms with E-state index in [0.717, 1.165) is 17.0 Å². The third kappa shape index (κ3) is 4.17. The van der Waals surface area contributed by atoms with Gasteiger partial charge < -0.3 is 4.52 Å². The molecule has 0 N–H and O–H groups in total. The molecule has 29 heavy (non-hydrogen) atoms. The van der Waals surface area contributed by atoms with Crippen LogP contribution in [0.5, 0.6) is 0 Å². The third-order valence-corrected chi connectivity index (χ3v) is 5.15. The van der Waals surface area contributed by atoms with Gasteiger partial charge in [0.1, 0.15) is 5.82 Å². The molecule has 0 aliphatic carbocycles. The Labute approximate surface area is 167 Å². The average Bonchev–Trinajstić information content (AvgIpc) is 3.18. The number of benzene rings is 3. The first kappa shape index (κ1) is 19.2. The van der Waals surface area contributed by atoms with Gasteiger partial charge >= 0.3 is 6.18 Å². The minimum Gasteiger partial charge on any atom is -0.334 e. The predicted molar refractivity (Wildman–Crippen MR) is 101 cm³/mol. The summed E-state index contributed by atoms with van der Waals surface area (Å²) in [7, 11) is 0. The topological polar surface area (TPSA) is 38.9 Å². The van der Waals surface area contributed by atoms with Gasteiger partial charge in [-0.3, -0.25) is 0 Å². The van der Waals surface area contributed by atoms with Crippen LogP contribution in [0.25, 0.3) is 22.8 Å². The van der Waals surface area contributed by atoms with Crippen LogP contribution in [-0.2, 0) is 6.18 Å². The number of hydrogen-bond acceptors (Lipinski definition) is 4. The Morgan fingerprint density at radius 2 is 1.45 bits per heavy atom. The molecule has 4 rings (SSSR count). The van der Waals surface area contributed by atoms with E-state index in [1.54, 1.807) is 42.5 Å². The van der Waals surface area contributed by atoms with Crippen molar-refractivity contribution in [3.8, 4) is 22.8 Å². The summed E-state index contributed by atoms with van der Waals surface area (Å²) in [6.07, 6.45) is -4.38. The van der Waals surface area contributed by atoms with Crippen molar-refractivity contribution in [2.24, 2.45) is 0 Å². The van der Waals surface area contributed by atoms with Gasteiger partial charge in [-0.1, -0.05) is 41.2 Å². The molecule has 0 radical (unpaired) electrons. The van der Waals surface area contributed by atoms with E-state index in [4.69, 9.17) is 4.52 Å². The zero-order valence-electron chi connectivity index (χ0n) is 14.7. The van der Waals surface area contributed by atoms with Crippen molar-refractivity contribution < 1.29 is 22.1 Å². The first-order chi connectivity index (χ1) is 13.9. The first-order valence-electron chi connectivity index (χ1n) is 8.45. The summed E-state index contributed by atoms with van der Waals surface area (Å²) in [4.78, 5) is 5.62. The molecule has 0 atom stereocenters. The second kappa shape index (κ2) is 7.71. The number of halogens is 4. The Hall–Kier alpha value is -3.13. The highest BCUT2D eigenvalue weighted by Crippen LogP contribution is 2.37. The van der Waals surface area contributed by atoms with Crippen molar-refractivity contribution >= 4 is 11.8 Å². The molecule has 0 bridgehead atoms. The third-order valence-electron chi connectivity index (χ3n) is 4.07. The van der Waals surface area contributed by atoms with Crippen molar-refractivity contribution in [2.45, 2.75) is 16.0 Å². The van der Waals surface area contributed by atoms with E-state index in [9.17, 15) is 17.6 Å². The molecular formula is C21H12F4N2OS. The summed E-state index contributed by atoms with van der Waals surface area (Å²) in [6, 6.07) is 18.1. The molecule has 146 valence electrons. The number of hydrogen-bond donors (Lipinski definition) is 0. The summed E-state index contributed by atoms with van der Waals surface area (Å²) in [5, 5.41) is 3.85. The lowest BCUT2D eigenvalue weighted by atomic mass is 10.2. The Morgan fingerprint density at radius 1 is 0.793 bits per heavy atom. The lowest BCUT2D eigenvalue weighted by molar-refractivity contribution is -0.137. The maximum atomic E-state index is 14.0. The van der Waals surface area contributed by atoms with Crippen LogP contribution < -0.4 is 0 Å². The molecule has 3 aromatic carbocycles. The molecule has 4 aromatic rings. The van der Waals surface area contributed by atoms with Crippen molar-refractivity contribution in [2.75, 3.05) is 0 Å². The number of rotatable bonds is 4. The Kier molecular flexibility index (Phi) is 5.10. The lowest BCUT2D eigenvalue weighted by Crippen LogP contribution is -2.03. The molecular weight excluding hydrogens is 404 g/mol. The van der Waals surface area contributed by atoms with E-state index in [0.29, 0.717) is 10.5 Å². The predicted octanol–water partition coefficient (Wildman–Crippen LogP) is 6.71. The molecule has 0 aliphatic rings. The van der Waals surface area contributed by atoms with Crippen LogP contribution in [0.3, 0.4) is 0 Å². The fourth-order valence-electron chi connectivity index (χ4n) is 2.66. The van der Waals surface area contributed by atoms with Gasteiger partial charge in [-0.05, 0) is 48.5 Å². The van der Waals surface area contributed by atoms with Gasteiger partial charge in [0, 0.05) is 9.79 Å². The molecule has 1 heterocycles. The van der Waals surface area contributed by atoms with E-state index in [2.05, 4.69) is 10.1 Å². The van der Waals surface area contributed by atoms with Crippen LogP contribution in [-0.4, -0.2) is 10.1 Å². The fourth-order valence-corrected chi connectivity index (χ4v) is 3.59. The minimum atomic E-state index is -4.38. The van der Waals surface area contributed by atoms with E-state index < -0.39 is 17.6 Å². The Balaban J connectivity index is 1.64. The van der Waals surface area contributed by atoms with Crippen LogP contribution in [0.2, 0.25) is 0 Å². The van der Waals surface area contributed by atoms with Crippen LogP contribution in [0, 0.1) is 5.82 Å². The van der Waals surface area contributed by atoms with E-state index >= 15 is 0 Å². The zero-order chi connectivity index (χ0) is 20.4. The van der Waals surface area contributed by atoms with Crippen molar-refractivity contribution in [3.05, 3.63) is 84.2 Å². The van der Waals surface area contributed by atoms with Crippen LogP contribution >= 0.6 is 11.8 Å². The maximum Gasteiger partial charge on any atom is 0.416 e. The van der Waals surface area contributed by atoms with Gasteiger partial charge in [-0.25, -0.2) is 4.39 Å². The molecule has 0 aliphatic heterocycles. The van der Waals surface area contributed by atoms with Crippen molar-refractivity contribution in [1.29, 1.82) is 0 Å². The summed E-state index contributed by atoms with van der Waals surface area (Å²) in [5.41, 5.74) is 0.115. The zero-order valence-corrected chi connectivity index (χ0v) is 15.5. The SMILES string of the molecule is Fc1ccccc1-c1noc(-c2ccccc2Sc2ccc(C(F)(F)F)cc2)n1. The molecule has 0 spiro atoms. The smallest absolute Gasteiger partial charge is 0.334 e. The molecule has 0 saturated carbocycles. The highest BCUT2D eigenvalue weighted by molar-refractivity contribution is 7.99. The average molecular weight is 416 g/mol. The molecule has 0 unspecified atom stereocenters. The highest BCUT2D eigenvalue weighted by Gasteiger charge is 2.30. The van der Waals surface area contributed by atoms with E-state index in [1.165, 1.54) is 30.0 Å². The van der Waals surface area contributed by atoms with E-state index in [1.807, 2.05) is 0 Å². The van der Waals surface area contributed by atoms with E-state index in [-0.39, 0.29) is 17.3 Å². The standard InChI is InChI=1S/C21H12F4N2OS/c22-17-7-3-1-5-15(17)19-26-20(28-27-19)16-6-2-4-8-18(16)29-14-11-9-13(10-12-14)21(23,24)25/h1-12H. The molecule has 8 heteroatoms. The quantitative estimate of drug-likeness (QED) is 0.347. The van der Waals surface area contributed by atoms with Crippen LogP contribution in [0.1, 0.15) is 5.56 Å². The minimum absolute atomic E-state index is 0.118. The Morgan fingerprint density at radius 3 is 2.14 bits per heavy atom. The molecule has 0 fully saturated rings. The number of aromatic nitrogens is 2. The van der Waals surface area contributed by atoms with Gasteiger partial charge in [-0.2, -0.15) is 18.2 Å². The second-order valence-corrected chi connectivity index (χ2v) is 7.14. The van der Waals surface area contributed by atoms with Gasteiger partial charge in [0.05, 0.1) is 16.7 Å². The normalized spacial score (nSPS) is 11.6. The van der Waals surface area contributed by atoms with Crippen molar-refractivity contribution in [1.82, 2.24) is 10.1 Å².